The van der Waals surface area contributed by atoms with Crippen molar-refractivity contribution < 1.29 is 18.7 Å². The van der Waals surface area contributed by atoms with Crippen LogP contribution in [-0.4, -0.2) is 28.2 Å². The van der Waals surface area contributed by atoms with Crippen molar-refractivity contribution in [2.24, 2.45) is 0 Å². The molecular weight excluding hydrogens is 478 g/mol. The number of aryl methyl sites for hydroxylation is 1. The molecule has 1 unspecified atom stereocenters. The maximum Gasteiger partial charge on any atom is 0.273 e. The first-order chi connectivity index (χ1) is 18.5. The van der Waals surface area contributed by atoms with E-state index < -0.39 is 0 Å². The lowest BCUT2D eigenvalue weighted by molar-refractivity contribution is -0.132. The Balaban J connectivity index is 1.27. The van der Waals surface area contributed by atoms with Crippen LogP contribution < -0.4 is 10.1 Å². The van der Waals surface area contributed by atoms with Gasteiger partial charge in [-0.1, -0.05) is 73.2 Å². The summed E-state index contributed by atoms with van der Waals surface area (Å²) in [5.41, 5.74) is 5.70. The van der Waals surface area contributed by atoms with E-state index in [1.165, 1.54) is 11.8 Å². The third-order valence-corrected chi connectivity index (χ3v) is 6.77. The molecule has 194 valence electrons. The SMILES string of the molecule is CCC(=O)N1CCc2ccc(OCc3nc(C(=O)NCc4cccc(C)c4)co3)cc2C1c1ccccc1. The zero-order valence-corrected chi connectivity index (χ0v) is 21.6. The standard InChI is InChI=1S/C31H31N3O4/c1-3-29(35)34-15-14-23-12-13-25(17-26(23)30(34)24-10-5-4-6-11-24)37-20-28-33-27(19-38-28)31(36)32-18-22-9-7-8-21(2)16-22/h4-13,16-17,19,30H,3,14-15,18,20H2,1-2H3,(H,32,36). The summed E-state index contributed by atoms with van der Waals surface area (Å²) >= 11 is 0. The summed E-state index contributed by atoms with van der Waals surface area (Å²) in [4.78, 5) is 31.6. The van der Waals surface area contributed by atoms with Crippen molar-refractivity contribution in [3.63, 3.8) is 0 Å². The van der Waals surface area contributed by atoms with Crippen LogP contribution in [0.4, 0.5) is 0 Å². The summed E-state index contributed by atoms with van der Waals surface area (Å²) in [5, 5.41) is 2.87. The van der Waals surface area contributed by atoms with Crippen LogP contribution in [0.3, 0.4) is 0 Å². The number of ether oxygens (including phenoxy) is 1. The monoisotopic (exact) mass is 509 g/mol. The molecule has 1 aliphatic rings. The molecule has 0 saturated heterocycles. The summed E-state index contributed by atoms with van der Waals surface area (Å²) in [5.74, 6) is 0.787. The molecule has 0 aliphatic carbocycles. The number of carbonyl (C=O) groups excluding carboxylic acids is 2. The minimum absolute atomic E-state index is 0.0809. The van der Waals surface area contributed by atoms with E-state index in [9.17, 15) is 9.59 Å². The normalized spacial score (nSPS) is 14.6. The number of hydrogen-bond donors (Lipinski definition) is 1. The van der Waals surface area contributed by atoms with E-state index in [-0.39, 0.29) is 30.2 Å². The molecule has 1 N–H and O–H groups in total. The highest BCUT2D eigenvalue weighted by molar-refractivity contribution is 5.91. The van der Waals surface area contributed by atoms with E-state index in [2.05, 4.69) is 28.5 Å². The summed E-state index contributed by atoms with van der Waals surface area (Å²) in [6, 6.07) is 23.9. The van der Waals surface area contributed by atoms with E-state index in [0.717, 1.165) is 28.7 Å². The van der Waals surface area contributed by atoms with Gasteiger partial charge in [0.2, 0.25) is 11.8 Å². The van der Waals surface area contributed by atoms with Crippen molar-refractivity contribution in [3.05, 3.63) is 118 Å². The first kappa shape index (κ1) is 25.3. The van der Waals surface area contributed by atoms with Crippen molar-refractivity contribution in [3.8, 4) is 5.75 Å². The maximum absolute atomic E-state index is 12.8. The molecule has 0 saturated carbocycles. The van der Waals surface area contributed by atoms with Gasteiger partial charge in [-0.15, -0.1) is 0 Å². The van der Waals surface area contributed by atoms with Crippen LogP contribution >= 0.6 is 0 Å². The lowest BCUT2D eigenvalue weighted by atomic mass is 9.87. The summed E-state index contributed by atoms with van der Waals surface area (Å²) < 4.78 is 11.5. The molecule has 5 rings (SSSR count). The van der Waals surface area contributed by atoms with Gasteiger partial charge in [0.15, 0.2) is 12.3 Å². The van der Waals surface area contributed by atoms with Crippen LogP contribution in [0.2, 0.25) is 0 Å². The number of carbonyl (C=O) groups is 2. The van der Waals surface area contributed by atoms with Crippen molar-refractivity contribution in [1.82, 2.24) is 15.2 Å². The number of amides is 2. The minimum atomic E-state index is -0.304. The number of hydrogen-bond acceptors (Lipinski definition) is 5. The van der Waals surface area contributed by atoms with Crippen molar-refractivity contribution in [1.29, 1.82) is 0 Å². The molecule has 0 fully saturated rings. The molecule has 7 heteroatoms. The zero-order chi connectivity index (χ0) is 26.5. The number of aromatic nitrogens is 1. The van der Waals surface area contributed by atoms with E-state index in [1.54, 1.807) is 0 Å². The third-order valence-electron chi connectivity index (χ3n) is 6.77. The van der Waals surface area contributed by atoms with Crippen LogP contribution in [0.15, 0.2) is 83.5 Å². The number of oxazole rings is 1. The Bertz CT molecular complexity index is 1430. The van der Waals surface area contributed by atoms with Gasteiger partial charge in [0, 0.05) is 19.5 Å². The van der Waals surface area contributed by atoms with Gasteiger partial charge >= 0.3 is 0 Å². The van der Waals surface area contributed by atoms with Gasteiger partial charge in [-0.25, -0.2) is 4.98 Å². The van der Waals surface area contributed by atoms with Crippen LogP contribution in [0.5, 0.6) is 5.75 Å². The predicted octanol–water partition coefficient (Wildman–Crippen LogP) is 5.38. The van der Waals surface area contributed by atoms with Gasteiger partial charge in [-0.05, 0) is 47.7 Å². The van der Waals surface area contributed by atoms with Gasteiger partial charge in [-0.3, -0.25) is 9.59 Å². The molecule has 4 aromatic rings. The molecular formula is C31H31N3O4. The molecule has 1 atom stereocenters. The predicted molar refractivity (Wildman–Crippen MR) is 144 cm³/mol. The van der Waals surface area contributed by atoms with Gasteiger partial charge < -0.3 is 19.4 Å². The maximum atomic E-state index is 12.8. The Labute approximate surface area is 222 Å². The second kappa shape index (κ2) is 11.3. The summed E-state index contributed by atoms with van der Waals surface area (Å²) in [6.45, 7) is 5.09. The molecule has 0 spiro atoms. The number of nitrogens with zero attached hydrogens (tertiary/aromatic N) is 2. The first-order valence-electron chi connectivity index (χ1n) is 12.9. The fourth-order valence-corrected chi connectivity index (χ4v) is 4.87. The van der Waals surface area contributed by atoms with Crippen LogP contribution in [0.25, 0.3) is 0 Å². The number of rotatable bonds is 8. The molecule has 0 radical (unpaired) electrons. The fraction of sp³-hybridized carbons (Fsp3) is 0.258. The number of nitrogens with one attached hydrogen (secondary N) is 1. The summed E-state index contributed by atoms with van der Waals surface area (Å²) in [6.07, 6.45) is 2.60. The number of benzene rings is 3. The number of fused-ring (bicyclic) bond motifs is 1. The van der Waals surface area contributed by atoms with E-state index in [1.807, 2.05) is 73.3 Å². The molecule has 2 amide bonds. The van der Waals surface area contributed by atoms with Crippen LogP contribution in [0, 0.1) is 6.92 Å². The summed E-state index contributed by atoms with van der Waals surface area (Å²) in [7, 11) is 0. The fourth-order valence-electron chi connectivity index (χ4n) is 4.87. The van der Waals surface area contributed by atoms with Crippen molar-refractivity contribution >= 4 is 11.8 Å². The second-order valence-electron chi connectivity index (χ2n) is 9.45. The Kier molecular flexibility index (Phi) is 7.54. The lowest BCUT2D eigenvalue weighted by Crippen LogP contribution is -2.40. The van der Waals surface area contributed by atoms with Crippen molar-refractivity contribution in [2.45, 2.75) is 45.9 Å². The molecule has 3 aromatic carbocycles. The smallest absolute Gasteiger partial charge is 0.273 e. The Morgan fingerprint density at radius 3 is 2.71 bits per heavy atom. The molecule has 1 aromatic heterocycles. The molecule has 2 heterocycles. The van der Waals surface area contributed by atoms with Crippen LogP contribution in [0.1, 0.15) is 63.6 Å². The lowest BCUT2D eigenvalue weighted by Gasteiger charge is -2.38. The van der Waals surface area contributed by atoms with E-state index in [0.29, 0.717) is 31.2 Å². The van der Waals surface area contributed by atoms with E-state index >= 15 is 0 Å². The molecule has 1 aliphatic heterocycles. The van der Waals surface area contributed by atoms with Gasteiger partial charge in [0.1, 0.15) is 12.0 Å². The van der Waals surface area contributed by atoms with Crippen molar-refractivity contribution in [2.75, 3.05) is 6.54 Å². The topological polar surface area (TPSA) is 84.7 Å². The van der Waals surface area contributed by atoms with Gasteiger partial charge in [0.25, 0.3) is 5.91 Å². The van der Waals surface area contributed by atoms with Gasteiger partial charge in [-0.2, -0.15) is 0 Å². The Hall–Kier alpha value is -4.39. The quantitative estimate of drug-likeness (QED) is 0.345. The highest BCUT2D eigenvalue weighted by Gasteiger charge is 2.31. The minimum Gasteiger partial charge on any atom is -0.484 e. The largest absolute Gasteiger partial charge is 0.484 e. The van der Waals surface area contributed by atoms with E-state index in [4.69, 9.17) is 9.15 Å². The molecule has 7 nitrogen and oxygen atoms in total. The average Bonchev–Trinajstić information content (AvgIpc) is 3.43. The second-order valence-corrected chi connectivity index (χ2v) is 9.45. The Morgan fingerprint density at radius 2 is 1.92 bits per heavy atom. The third kappa shape index (κ3) is 5.62. The highest BCUT2D eigenvalue weighted by atomic mass is 16.5. The highest BCUT2D eigenvalue weighted by Crippen LogP contribution is 2.37. The molecule has 38 heavy (non-hydrogen) atoms. The molecule has 0 bridgehead atoms. The average molecular weight is 510 g/mol. The Morgan fingerprint density at radius 1 is 1.08 bits per heavy atom. The zero-order valence-electron chi connectivity index (χ0n) is 21.6. The first-order valence-corrected chi connectivity index (χ1v) is 12.9. The van der Waals surface area contributed by atoms with Crippen LogP contribution in [-0.2, 0) is 24.4 Å². The van der Waals surface area contributed by atoms with Gasteiger partial charge in [0.05, 0.1) is 6.04 Å².